The Morgan fingerprint density at radius 2 is 1.20 bits per heavy atom. The smallest absolute Gasteiger partial charge is 0.227 e. The lowest BCUT2D eigenvalue weighted by molar-refractivity contribution is -0.284. The molecule has 0 aliphatic carbocycles. The van der Waals surface area contributed by atoms with Gasteiger partial charge in [-0.3, -0.25) is 0 Å². The van der Waals surface area contributed by atoms with Crippen LogP contribution in [0.3, 0.4) is 0 Å². The maximum Gasteiger partial charge on any atom is 0.428 e. The molecule has 0 N–H and O–H groups in total. The lowest BCUT2D eigenvalue weighted by Crippen LogP contribution is -2.53. The van der Waals surface area contributed by atoms with Gasteiger partial charge in [0.2, 0.25) is 0 Å². The molecule has 1 unspecified atom stereocenters. The van der Waals surface area contributed by atoms with Gasteiger partial charge in [0.15, 0.2) is 0 Å². The number of alkyl halides is 6. The molecule has 0 heterocycles. The van der Waals surface area contributed by atoms with Crippen LogP contribution in [-0.2, 0) is 0 Å². The van der Waals surface area contributed by atoms with Gasteiger partial charge in [0.25, 0.3) is 11.7 Å². The highest BCUT2D eigenvalue weighted by Crippen LogP contribution is 2.49. The third-order valence-corrected chi connectivity index (χ3v) is 1.88. The first-order valence-corrected chi connectivity index (χ1v) is 3.51. The number of rotatable bonds is 2. The van der Waals surface area contributed by atoms with E-state index in [1.807, 2.05) is 0 Å². The van der Waals surface area contributed by atoms with Gasteiger partial charge in [0.1, 0.15) is 0 Å². The summed E-state index contributed by atoms with van der Waals surface area (Å²) < 4.78 is 97.1. The van der Waals surface area contributed by atoms with Gasteiger partial charge in [-0.15, -0.1) is 0 Å². The van der Waals surface area contributed by atoms with Crippen molar-refractivity contribution in [3.05, 3.63) is 11.7 Å². The molecule has 8 heteroatoms. The summed E-state index contributed by atoms with van der Waals surface area (Å²) in [4.78, 5) is 0. The Hall–Kier alpha value is -0.820. The predicted octanol–water partition coefficient (Wildman–Crippen LogP) is 4.08. The van der Waals surface area contributed by atoms with E-state index in [1.165, 1.54) is 0 Å². The molecular formula is C7H6F8. The fraction of sp³-hybridized carbons (Fsp3) is 0.714. The van der Waals surface area contributed by atoms with Crippen molar-refractivity contribution < 1.29 is 35.1 Å². The molecule has 0 saturated heterocycles. The summed E-state index contributed by atoms with van der Waals surface area (Å²) in [7, 11) is 0. The minimum Gasteiger partial charge on any atom is -0.227 e. The van der Waals surface area contributed by atoms with E-state index in [2.05, 4.69) is 0 Å². The molecule has 0 amide bonds. The van der Waals surface area contributed by atoms with E-state index < -0.39 is 36.3 Å². The standard InChI is InChI=1S/C7H6F8/c1-3(4(8)9)6(11,12)5(2,10)7(13,14)15/h1-2H3. The average molecular weight is 242 g/mol. The predicted molar refractivity (Wildman–Crippen MR) is 35.4 cm³/mol. The first-order valence-electron chi connectivity index (χ1n) is 3.51. The number of allylic oxidation sites excluding steroid dienone is 1. The zero-order valence-corrected chi connectivity index (χ0v) is 7.52. The van der Waals surface area contributed by atoms with Gasteiger partial charge in [0, 0.05) is 0 Å². The van der Waals surface area contributed by atoms with E-state index in [-0.39, 0.29) is 6.92 Å². The Balaban J connectivity index is 5.49. The van der Waals surface area contributed by atoms with Crippen LogP contribution in [0.15, 0.2) is 11.7 Å². The Bertz CT molecular complexity index is 267. The third-order valence-electron chi connectivity index (χ3n) is 1.88. The fourth-order valence-electron chi connectivity index (χ4n) is 0.649. The molecule has 0 bridgehead atoms. The topological polar surface area (TPSA) is 0 Å². The second-order valence-electron chi connectivity index (χ2n) is 2.96. The number of hydrogen-bond acceptors (Lipinski definition) is 0. The zero-order valence-electron chi connectivity index (χ0n) is 7.52. The molecular weight excluding hydrogens is 236 g/mol. The molecule has 0 aromatic carbocycles. The summed E-state index contributed by atoms with van der Waals surface area (Å²) in [5.74, 6) is -5.30. The Morgan fingerprint density at radius 1 is 0.867 bits per heavy atom. The summed E-state index contributed by atoms with van der Waals surface area (Å²) in [6.45, 7) is -0.446. The molecule has 90 valence electrons. The molecule has 0 spiro atoms. The molecule has 0 aromatic rings. The molecule has 0 rings (SSSR count). The largest absolute Gasteiger partial charge is 0.428 e. The van der Waals surface area contributed by atoms with E-state index in [0.29, 0.717) is 0 Å². The van der Waals surface area contributed by atoms with Gasteiger partial charge in [-0.05, 0) is 13.8 Å². The summed E-state index contributed by atoms with van der Waals surface area (Å²) in [6, 6.07) is 0. The van der Waals surface area contributed by atoms with Crippen LogP contribution in [0, 0.1) is 0 Å². The van der Waals surface area contributed by atoms with Crippen molar-refractivity contribution in [2.75, 3.05) is 0 Å². The van der Waals surface area contributed by atoms with Crippen molar-refractivity contribution in [2.45, 2.75) is 31.6 Å². The SMILES string of the molecule is CC(=C(F)F)C(F)(F)C(C)(F)C(F)(F)F. The van der Waals surface area contributed by atoms with Crippen molar-refractivity contribution in [1.82, 2.24) is 0 Å². The van der Waals surface area contributed by atoms with Crippen molar-refractivity contribution in [2.24, 2.45) is 0 Å². The molecule has 0 saturated carbocycles. The van der Waals surface area contributed by atoms with Crippen LogP contribution < -0.4 is 0 Å². The van der Waals surface area contributed by atoms with Crippen molar-refractivity contribution in [3.8, 4) is 0 Å². The zero-order chi connectivity index (χ0) is 12.7. The third kappa shape index (κ3) is 2.23. The van der Waals surface area contributed by atoms with Gasteiger partial charge in [-0.25, -0.2) is 4.39 Å². The fourth-order valence-corrected chi connectivity index (χ4v) is 0.649. The molecule has 0 aliphatic rings. The molecule has 0 radical (unpaired) electrons. The maximum atomic E-state index is 12.7. The van der Waals surface area contributed by atoms with E-state index >= 15 is 0 Å². The second kappa shape index (κ2) is 3.64. The number of hydrogen-bond donors (Lipinski definition) is 0. The van der Waals surface area contributed by atoms with Crippen LogP contribution in [0.4, 0.5) is 35.1 Å². The number of halogens is 8. The minimum absolute atomic E-state index is 0.0406. The second-order valence-corrected chi connectivity index (χ2v) is 2.96. The quantitative estimate of drug-likeness (QED) is 0.640. The lowest BCUT2D eigenvalue weighted by atomic mass is 9.94. The van der Waals surface area contributed by atoms with Crippen molar-refractivity contribution in [3.63, 3.8) is 0 Å². The molecule has 15 heavy (non-hydrogen) atoms. The summed E-state index contributed by atoms with van der Waals surface area (Å²) in [5.41, 5.74) is -7.27. The maximum absolute atomic E-state index is 12.7. The van der Waals surface area contributed by atoms with Crippen LogP contribution >= 0.6 is 0 Å². The van der Waals surface area contributed by atoms with Crippen LogP contribution in [-0.4, -0.2) is 17.8 Å². The van der Waals surface area contributed by atoms with E-state index in [0.717, 1.165) is 0 Å². The van der Waals surface area contributed by atoms with Crippen molar-refractivity contribution >= 4 is 0 Å². The highest BCUT2D eigenvalue weighted by atomic mass is 19.4. The Labute approximate surface area is 79.6 Å². The van der Waals surface area contributed by atoms with Crippen LogP contribution in [0.25, 0.3) is 0 Å². The highest BCUT2D eigenvalue weighted by molar-refractivity contribution is 5.19. The summed E-state index contributed by atoms with van der Waals surface area (Å²) in [6.07, 6.45) is -8.97. The van der Waals surface area contributed by atoms with Gasteiger partial charge in [-0.1, -0.05) is 0 Å². The average Bonchev–Trinajstić information content (AvgIpc) is 2.00. The van der Waals surface area contributed by atoms with Crippen LogP contribution in [0.2, 0.25) is 0 Å². The van der Waals surface area contributed by atoms with Gasteiger partial charge in [0.05, 0.1) is 5.57 Å². The Kier molecular flexibility index (Phi) is 3.44. The van der Waals surface area contributed by atoms with Gasteiger partial charge in [-0.2, -0.15) is 30.7 Å². The van der Waals surface area contributed by atoms with E-state index in [1.54, 1.807) is 0 Å². The van der Waals surface area contributed by atoms with E-state index in [9.17, 15) is 35.1 Å². The van der Waals surface area contributed by atoms with Crippen molar-refractivity contribution in [1.29, 1.82) is 0 Å². The first-order chi connectivity index (χ1) is 6.35. The molecule has 0 aromatic heterocycles. The highest BCUT2D eigenvalue weighted by Gasteiger charge is 2.69. The van der Waals surface area contributed by atoms with Crippen LogP contribution in [0.1, 0.15) is 13.8 Å². The molecule has 1 atom stereocenters. The lowest BCUT2D eigenvalue weighted by Gasteiger charge is -2.31. The summed E-state index contributed by atoms with van der Waals surface area (Å²) >= 11 is 0. The molecule has 0 fully saturated rings. The molecule has 0 aliphatic heterocycles. The normalized spacial score (nSPS) is 17.2. The molecule has 0 nitrogen and oxygen atoms in total. The first kappa shape index (κ1) is 14.2. The van der Waals surface area contributed by atoms with Gasteiger partial charge >= 0.3 is 12.1 Å². The monoisotopic (exact) mass is 242 g/mol. The van der Waals surface area contributed by atoms with Gasteiger partial charge < -0.3 is 0 Å². The van der Waals surface area contributed by atoms with Crippen LogP contribution in [0.5, 0.6) is 0 Å². The summed E-state index contributed by atoms with van der Waals surface area (Å²) in [5, 5.41) is 0. The Morgan fingerprint density at radius 3 is 1.40 bits per heavy atom. The minimum atomic E-state index is -5.94. The van der Waals surface area contributed by atoms with E-state index in [4.69, 9.17) is 0 Å².